The van der Waals surface area contributed by atoms with Crippen LogP contribution in [0.3, 0.4) is 0 Å². The summed E-state index contributed by atoms with van der Waals surface area (Å²) in [5.74, 6) is 0. The SMILES string of the molecule is Cc1nc(Sc2nnnn2C2CC2)ccc1N. The molecule has 2 heterocycles. The van der Waals surface area contributed by atoms with E-state index in [9.17, 15) is 0 Å². The molecule has 1 aliphatic rings. The van der Waals surface area contributed by atoms with Gasteiger partial charge in [0.15, 0.2) is 0 Å². The second-order valence-corrected chi connectivity index (χ2v) is 5.05. The number of tetrazole rings is 1. The van der Waals surface area contributed by atoms with Crippen molar-refractivity contribution in [3.8, 4) is 0 Å². The van der Waals surface area contributed by atoms with Crippen LogP contribution in [0.25, 0.3) is 0 Å². The third-order valence-electron chi connectivity index (χ3n) is 2.65. The molecule has 6 nitrogen and oxygen atoms in total. The molecule has 0 aliphatic heterocycles. The van der Waals surface area contributed by atoms with Gasteiger partial charge in [-0.1, -0.05) is 0 Å². The van der Waals surface area contributed by atoms with Crippen molar-refractivity contribution in [2.45, 2.75) is 36.0 Å². The highest BCUT2D eigenvalue weighted by molar-refractivity contribution is 7.99. The summed E-state index contributed by atoms with van der Waals surface area (Å²) in [7, 11) is 0. The molecule has 1 saturated carbocycles. The summed E-state index contributed by atoms with van der Waals surface area (Å²) >= 11 is 1.47. The number of pyridine rings is 1. The van der Waals surface area contributed by atoms with Gasteiger partial charge in [0.05, 0.1) is 17.4 Å². The predicted molar refractivity (Wildman–Crippen MR) is 63.6 cm³/mol. The van der Waals surface area contributed by atoms with Crippen molar-refractivity contribution in [2.75, 3.05) is 5.73 Å². The number of aromatic nitrogens is 5. The lowest BCUT2D eigenvalue weighted by Crippen LogP contribution is -1.99. The maximum atomic E-state index is 5.73. The molecule has 0 aromatic carbocycles. The lowest BCUT2D eigenvalue weighted by Gasteiger charge is -2.03. The second-order valence-electron chi connectivity index (χ2n) is 4.06. The van der Waals surface area contributed by atoms with Gasteiger partial charge >= 0.3 is 0 Å². The number of nitrogen functional groups attached to an aromatic ring is 1. The first-order valence-corrected chi connectivity index (χ1v) is 6.24. The van der Waals surface area contributed by atoms with Crippen LogP contribution in [0.5, 0.6) is 0 Å². The van der Waals surface area contributed by atoms with Crippen LogP contribution < -0.4 is 5.73 Å². The zero-order chi connectivity index (χ0) is 11.8. The largest absolute Gasteiger partial charge is 0.397 e. The normalized spacial score (nSPS) is 15.1. The standard InChI is InChI=1S/C10H12N6S/c1-6-8(11)4-5-9(12-6)17-10-13-14-15-16(10)7-2-3-7/h4-5,7H,2-3,11H2,1H3. The van der Waals surface area contributed by atoms with Gasteiger partial charge in [-0.2, -0.15) is 0 Å². The molecule has 88 valence electrons. The van der Waals surface area contributed by atoms with Crippen molar-refractivity contribution >= 4 is 17.4 Å². The average molecular weight is 248 g/mol. The Hall–Kier alpha value is -1.63. The van der Waals surface area contributed by atoms with E-state index in [2.05, 4.69) is 20.5 Å². The van der Waals surface area contributed by atoms with Crippen molar-refractivity contribution in [1.29, 1.82) is 0 Å². The van der Waals surface area contributed by atoms with Crippen LogP contribution in [-0.4, -0.2) is 25.2 Å². The van der Waals surface area contributed by atoms with Gasteiger partial charge in [-0.3, -0.25) is 0 Å². The lowest BCUT2D eigenvalue weighted by molar-refractivity contribution is 0.565. The molecule has 0 spiro atoms. The Labute approximate surface area is 103 Å². The number of anilines is 1. The summed E-state index contributed by atoms with van der Waals surface area (Å²) in [5.41, 5.74) is 7.27. The second kappa shape index (κ2) is 3.99. The fraction of sp³-hybridized carbons (Fsp3) is 0.400. The number of nitrogens with two attached hydrogens (primary N) is 1. The van der Waals surface area contributed by atoms with E-state index in [1.165, 1.54) is 11.8 Å². The molecule has 1 fully saturated rings. The number of nitrogens with zero attached hydrogens (tertiary/aromatic N) is 5. The molecular formula is C10H12N6S. The molecular weight excluding hydrogens is 236 g/mol. The van der Waals surface area contributed by atoms with E-state index in [0.29, 0.717) is 11.7 Å². The van der Waals surface area contributed by atoms with E-state index < -0.39 is 0 Å². The molecule has 17 heavy (non-hydrogen) atoms. The van der Waals surface area contributed by atoms with Gasteiger partial charge in [-0.25, -0.2) is 9.67 Å². The van der Waals surface area contributed by atoms with E-state index in [0.717, 1.165) is 28.7 Å². The first-order valence-electron chi connectivity index (χ1n) is 5.43. The third-order valence-corrected chi connectivity index (χ3v) is 3.54. The molecule has 2 aromatic rings. The van der Waals surface area contributed by atoms with Crippen LogP contribution in [0, 0.1) is 6.92 Å². The van der Waals surface area contributed by atoms with Gasteiger partial charge in [-0.05, 0) is 54.1 Å². The Morgan fingerprint density at radius 2 is 2.24 bits per heavy atom. The fourth-order valence-electron chi connectivity index (χ4n) is 1.50. The van der Waals surface area contributed by atoms with Gasteiger partial charge in [0, 0.05) is 0 Å². The minimum atomic E-state index is 0.474. The van der Waals surface area contributed by atoms with Crippen LogP contribution in [0.4, 0.5) is 5.69 Å². The smallest absolute Gasteiger partial charge is 0.215 e. The Balaban J connectivity index is 1.85. The summed E-state index contributed by atoms with van der Waals surface area (Å²) in [6.07, 6.45) is 2.32. The Morgan fingerprint density at radius 3 is 2.94 bits per heavy atom. The van der Waals surface area contributed by atoms with Crippen LogP contribution in [0.1, 0.15) is 24.6 Å². The summed E-state index contributed by atoms with van der Waals surface area (Å²) in [6, 6.07) is 4.22. The highest BCUT2D eigenvalue weighted by Gasteiger charge is 2.28. The average Bonchev–Trinajstić information content (AvgIpc) is 3.05. The van der Waals surface area contributed by atoms with Crippen molar-refractivity contribution in [3.63, 3.8) is 0 Å². The maximum absolute atomic E-state index is 5.73. The van der Waals surface area contributed by atoms with Gasteiger partial charge in [0.2, 0.25) is 5.16 Å². The zero-order valence-corrected chi connectivity index (χ0v) is 10.2. The first-order chi connectivity index (χ1) is 8.24. The zero-order valence-electron chi connectivity index (χ0n) is 9.37. The highest BCUT2D eigenvalue weighted by Crippen LogP contribution is 2.37. The van der Waals surface area contributed by atoms with E-state index in [1.54, 1.807) is 0 Å². The highest BCUT2D eigenvalue weighted by atomic mass is 32.2. The molecule has 2 N–H and O–H groups in total. The van der Waals surface area contributed by atoms with E-state index >= 15 is 0 Å². The summed E-state index contributed by atoms with van der Waals surface area (Å²) < 4.78 is 1.87. The quantitative estimate of drug-likeness (QED) is 0.885. The van der Waals surface area contributed by atoms with Crippen LogP contribution >= 0.6 is 11.8 Å². The minimum absolute atomic E-state index is 0.474. The molecule has 3 rings (SSSR count). The van der Waals surface area contributed by atoms with Gasteiger partial charge in [0.1, 0.15) is 5.03 Å². The van der Waals surface area contributed by atoms with Crippen molar-refractivity contribution < 1.29 is 0 Å². The van der Waals surface area contributed by atoms with Crippen molar-refractivity contribution in [2.24, 2.45) is 0 Å². The molecule has 0 saturated heterocycles. The molecule has 1 aliphatic carbocycles. The first kappa shape index (κ1) is 10.5. The molecule has 0 atom stereocenters. The van der Waals surface area contributed by atoms with Crippen LogP contribution in [0.15, 0.2) is 22.3 Å². The van der Waals surface area contributed by atoms with Gasteiger partial charge < -0.3 is 5.73 Å². The number of hydrogen-bond acceptors (Lipinski definition) is 6. The number of aryl methyl sites for hydroxylation is 1. The molecule has 0 unspecified atom stereocenters. The maximum Gasteiger partial charge on any atom is 0.215 e. The Kier molecular flexibility index (Phi) is 2.47. The Bertz CT molecular complexity index is 547. The number of rotatable bonds is 3. The monoisotopic (exact) mass is 248 g/mol. The van der Waals surface area contributed by atoms with Crippen LogP contribution in [-0.2, 0) is 0 Å². The molecule has 0 amide bonds. The summed E-state index contributed by atoms with van der Waals surface area (Å²) in [4.78, 5) is 4.40. The van der Waals surface area contributed by atoms with Crippen molar-refractivity contribution in [1.82, 2.24) is 25.2 Å². The summed E-state index contributed by atoms with van der Waals surface area (Å²) in [6.45, 7) is 1.89. The minimum Gasteiger partial charge on any atom is -0.397 e. The molecule has 0 bridgehead atoms. The van der Waals surface area contributed by atoms with Gasteiger partial charge in [-0.15, -0.1) is 5.10 Å². The van der Waals surface area contributed by atoms with E-state index in [-0.39, 0.29) is 0 Å². The van der Waals surface area contributed by atoms with Crippen molar-refractivity contribution in [3.05, 3.63) is 17.8 Å². The third kappa shape index (κ3) is 2.10. The fourth-order valence-corrected chi connectivity index (χ4v) is 2.36. The Morgan fingerprint density at radius 1 is 1.41 bits per heavy atom. The molecule has 0 radical (unpaired) electrons. The van der Waals surface area contributed by atoms with E-state index in [4.69, 9.17) is 5.73 Å². The van der Waals surface area contributed by atoms with Gasteiger partial charge in [0.25, 0.3) is 0 Å². The van der Waals surface area contributed by atoms with Crippen LogP contribution in [0.2, 0.25) is 0 Å². The number of hydrogen-bond donors (Lipinski definition) is 1. The molecule has 7 heteroatoms. The van der Waals surface area contributed by atoms with E-state index in [1.807, 2.05) is 23.7 Å². The predicted octanol–water partition coefficient (Wildman–Crippen LogP) is 1.44. The topological polar surface area (TPSA) is 82.5 Å². The lowest BCUT2D eigenvalue weighted by atomic mass is 10.3. The summed E-state index contributed by atoms with van der Waals surface area (Å²) in [5, 5.41) is 13.4. The molecule has 2 aromatic heterocycles.